The number of esters is 1. The van der Waals surface area contributed by atoms with Crippen LogP contribution in [0.1, 0.15) is 46.5 Å². The Labute approximate surface area is 105 Å². The van der Waals surface area contributed by atoms with E-state index in [-0.39, 0.29) is 12.6 Å². The molecule has 0 unspecified atom stereocenters. The van der Waals surface area contributed by atoms with E-state index < -0.39 is 0 Å². The molecule has 0 aromatic heterocycles. The molecule has 0 amide bonds. The van der Waals surface area contributed by atoms with Crippen LogP contribution in [-0.2, 0) is 9.53 Å². The minimum absolute atomic E-state index is 0.134. The first-order valence-corrected chi connectivity index (χ1v) is 5.99. The van der Waals surface area contributed by atoms with Gasteiger partial charge in [0.05, 0.1) is 6.61 Å². The van der Waals surface area contributed by atoms with E-state index in [1.54, 1.807) is 6.92 Å². The van der Waals surface area contributed by atoms with Crippen molar-refractivity contribution >= 4 is 5.97 Å². The summed E-state index contributed by atoms with van der Waals surface area (Å²) < 4.78 is 4.71. The fraction of sp³-hybridized carbons (Fsp3) is 0.643. The molecular weight excluding hydrogens is 216 g/mol. The van der Waals surface area contributed by atoms with Gasteiger partial charge in [0.2, 0.25) is 0 Å². The van der Waals surface area contributed by atoms with Gasteiger partial charge >= 0.3 is 5.97 Å². The number of aliphatic hydroxyl groups excluding tert-OH is 1. The van der Waals surface area contributed by atoms with Crippen LogP contribution in [0.15, 0.2) is 24.3 Å². The number of ether oxygens (including phenoxy) is 1. The second-order valence-corrected chi connectivity index (χ2v) is 4.05. The Bertz CT molecular complexity index is 232. The SMILES string of the molecule is C=C(C)CCC(=O)OCC.C=C(C)CCCO. The average Bonchev–Trinajstić information content (AvgIpc) is 2.25. The first kappa shape index (κ1) is 18.3. The van der Waals surface area contributed by atoms with E-state index in [9.17, 15) is 4.79 Å². The van der Waals surface area contributed by atoms with E-state index in [0.29, 0.717) is 13.0 Å². The van der Waals surface area contributed by atoms with Gasteiger partial charge in [-0.2, -0.15) is 0 Å². The van der Waals surface area contributed by atoms with E-state index in [0.717, 1.165) is 30.4 Å². The maximum Gasteiger partial charge on any atom is 0.306 e. The van der Waals surface area contributed by atoms with Gasteiger partial charge in [-0.1, -0.05) is 11.1 Å². The summed E-state index contributed by atoms with van der Waals surface area (Å²) in [5.74, 6) is -0.134. The molecule has 0 atom stereocenters. The van der Waals surface area contributed by atoms with E-state index in [1.807, 2.05) is 13.8 Å². The summed E-state index contributed by atoms with van der Waals surface area (Å²) in [6, 6.07) is 0. The third-order valence-electron chi connectivity index (χ3n) is 1.82. The Morgan fingerprint density at radius 2 is 1.65 bits per heavy atom. The van der Waals surface area contributed by atoms with E-state index in [2.05, 4.69) is 13.2 Å². The van der Waals surface area contributed by atoms with Crippen molar-refractivity contribution in [1.82, 2.24) is 0 Å². The Morgan fingerprint density at radius 3 is 1.94 bits per heavy atom. The molecule has 0 heterocycles. The average molecular weight is 242 g/mol. The summed E-state index contributed by atoms with van der Waals surface area (Å²) in [7, 11) is 0. The Kier molecular flexibility index (Phi) is 14.0. The van der Waals surface area contributed by atoms with Crippen LogP contribution < -0.4 is 0 Å². The van der Waals surface area contributed by atoms with Gasteiger partial charge in [-0.3, -0.25) is 4.79 Å². The minimum atomic E-state index is -0.134. The molecule has 0 aliphatic heterocycles. The zero-order valence-corrected chi connectivity index (χ0v) is 11.4. The number of aliphatic hydroxyl groups is 1. The number of carbonyl (C=O) groups is 1. The van der Waals surface area contributed by atoms with Gasteiger partial charge in [0.25, 0.3) is 0 Å². The summed E-state index contributed by atoms with van der Waals surface area (Å²) in [5.41, 5.74) is 2.17. The second kappa shape index (κ2) is 13.0. The molecule has 0 aliphatic rings. The lowest BCUT2D eigenvalue weighted by Crippen LogP contribution is -2.03. The van der Waals surface area contributed by atoms with Crippen molar-refractivity contribution in [2.75, 3.05) is 13.2 Å². The van der Waals surface area contributed by atoms with Crippen molar-refractivity contribution in [3.05, 3.63) is 24.3 Å². The molecule has 0 rings (SSSR count). The second-order valence-electron chi connectivity index (χ2n) is 4.05. The molecule has 3 nitrogen and oxygen atoms in total. The lowest BCUT2D eigenvalue weighted by molar-refractivity contribution is -0.143. The smallest absolute Gasteiger partial charge is 0.306 e. The third-order valence-corrected chi connectivity index (χ3v) is 1.82. The highest BCUT2D eigenvalue weighted by atomic mass is 16.5. The maximum absolute atomic E-state index is 10.7. The first-order valence-electron chi connectivity index (χ1n) is 5.99. The highest BCUT2D eigenvalue weighted by molar-refractivity contribution is 5.69. The van der Waals surface area contributed by atoms with Gasteiger partial charge in [0.1, 0.15) is 0 Å². The van der Waals surface area contributed by atoms with Crippen LogP contribution in [-0.4, -0.2) is 24.3 Å². The molecule has 1 N–H and O–H groups in total. The molecular formula is C14H26O3. The number of carbonyl (C=O) groups excluding carboxylic acids is 1. The van der Waals surface area contributed by atoms with Crippen LogP contribution in [0.25, 0.3) is 0 Å². The molecule has 0 saturated heterocycles. The van der Waals surface area contributed by atoms with Crippen LogP contribution in [0.2, 0.25) is 0 Å². The zero-order chi connectivity index (χ0) is 13.7. The Hall–Kier alpha value is -1.09. The number of rotatable bonds is 7. The third kappa shape index (κ3) is 20.9. The molecule has 0 bridgehead atoms. The molecule has 0 aromatic carbocycles. The number of hydrogen-bond acceptors (Lipinski definition) is 3. The topological polar surface area (TPSA) is 46.5 Å². The fourth-order valence-corrected chi connectivity index (χ4v) is 0.929. The van der Waals surface area contributed by atoms with Gasteiger partial charge in [-0.15, -0.1) is 13.2 Å². The predicted octanol–water partition coefficient (Wildman–Crippen LogP) is 3.24. The highest BCUT2D eigenvalue weighted by Gasteiger charge is 1.99. The highest BCUT2D eigenvalue weighted by Crippen LogP contribution is 2.01. The molecule has 3 heteroatoms. The van der Waals surface area contributed by atoms with E-state index in [1.165, 1.54) is 0 Å². The van der Waals surface area contributed by atoms with E-state index >= 15 is 0 Å². The Morgan fingerprint density at radius 1 is 1.12 bits per heavy atom. The minimum Gasteiger partial charge on any atom is -0.466 e. The molecule has 17 heavy (non-hydrogen) atoms. The lowest BCUT2D eigenvalue weighted by atomic mass is 10.2. The predicted molar refractivity (Wildman–Crippen MR) is 71.8 cm³/mol. The summed E-state index contributed by atoms with van der Waals surface area (Å²) in [6.07, 6.45) is 3.01. The summed E-state index contributed by atoms with van der Waals surface area (Å²) in [6.45, 7) is 13.8. The van der Waals surface area contributed by atoms with Crippen molar-refractivity contribution in [2.45, 2.75) is 46.5 Å². The van der Waals surface area contributed by atoms with Crippen molar-refractivity contribution in [3.63, 3.8) is 0 Å². The first-order chi connectivity index (χ1) is 7.93. The molecule has 100 valence electrons. The summed E-state index contributed by atoms with van der Waals surface area (Å²) in [5, 5.41) is 8.27. The normalized spacial score (nSPS) is 8.94. The van der Waals surface area contributed by atoms with Crippen LogP contribution in [0.3, 0.4) is 0 Å². The number of hydrogen-bond donors (Lipinski definition) is 1. The molecule has 0 aliphatic carbocycles. The van der Waals surface area contributed by atoms with Crippen LogP contribution in [0.5, 0.6) is 0 Å². The van der Waals surface area contributed by atoms with Gasteiger partial charge < -0.3 is 9.84 Å². The quantitative estimate of drug-likeness (QED) is 0.550. The monoisotopic (exact) mass is 242 g/mol. The maximum atomic E-state index is 10.7. The van der Waals surface area contributed by atoms with Crippen molar-refractivity contribution in [3.8, 4) is 0 Å². The van der Waals surface area contributed by atoms with Gasteiger partial charge in [0, 0.05) is 13.0 Å². The van der Waals surface area contributed by atoms with Crippen molar-refractivity contribution in [1.29, 1.82) is 0 Å². The standard InChI is InChI=1S/C8H14O2.C6H12O/c1-4-10-8(9)6-5-7(2)3;1-6(2)4-3-5-7/h2,4-6H2,1,3H3;7H,1,3-5H2,2H3. The summed E-state index contributed by atoms with van der Waals surface area (Å²) in [4.78, 5) is 10.7. The zero-order valence-electron chi connectivity index (χ0n) is 11.4. The van der Waals surface area contributed by atoms with Gasteiger partial charge in [-0.25, -0.2) is 0 Å². The van der Waals surface area contributed by atoms with Crippen LogP contribution in [0.4, 0.5) is 0 Å². The largest absolute Gasteiger partial charge is 0.466 e. The van der Waals surface area contributed by atoms with Gasteiger partial charge in [0.15, 0.2) is 0 Å². The van der Waals surface area contributed by atoms with Crippen LogP contribution in [0, 0.1) is 0 Å². The Balaban J connectivity index is 0. The lowest BCUT2D eigenvalue weighted by Gasteiger charge is -1.99. The van der Waals surface area contributed by atoms with Crippen molar-refractivity contribution in [2.24, 2.45) is 0 Å². The molecule has 0 saturated carbocycles. The van der Waals surface area contributed by atoms with Crippen LogP contribution >= 0.6 is 0 Å². The fourth-order valence-electron chi connectivity index (χ4n) is 0.929. The molecule has 0 spiro atoms. The molecule has 0 fully saturated rings. The van der Waals surface area contributed by atoms with Gasteiger partial charge in [-0.05, 0) is 40.0 Å². The van der Waals surface area contributed by atoms with Crippen molar-refractivity contribution < 1.29 is 14.6 Å². The summed E-state index contributed by atoms with van der Waals surface area (Å²) >= 11 is 0. The van der Waals surface area contributed by atoms with E-state index in [4.69, 9.17) is 9.84 Å². The molecule has 0 aromatic rings. The molecule has 0 radical (unpaired) electrons. The number of allylic oxidation sites excluding steroid dienone is 2.